The van der Waals surface area contributed by atoms with Crippen molar-refractivity contribution in [2.75, 3.05) is 19.8 Å². The highest BCUT2D eigenvalue weighted by Crippen LogP contribution is 2.32. The Balaban J connectivity index is 2.17. The quantitative estimate of drug-likeness (QED) is 0.747. The molecule has 1 aromatic carbocycles. The van der Waals surface area contributed by atoms with Gasteiger partial charge in [0.1, 0.15) is 4.90 Å². The second-order valence-corrected chi connectivity index (χ2v) is 7.50. The Kier molecular flexibility index (Phi) is 5.61. The zero-order valence-electron chi connectivity index (χ0n) is 14.0. The summed E-state index contributed by atoms with van der Waals surface area (Å²) < 4.78 is 31.0. The number of amides is 2. The highest BCUT2D eigenvalue weighted by atomic mass is 32.2. The van der Waals surface area contributed by atoms with E-state index in [9.17, 15) is 18.0 Å². The normalized spacial score (nSPS) is 15.7. The lowest BCUT2D eigenvalue weighted by molar-refractivity contribution is 0.0845. The van der Waals surface area contributed by atoms with Crippen molar-refractivity contribution in [3.8, 4) is 0 Å². The molecule has 0 spiro atoms. The standard InChI is InChI=1S/C16H22N2O5S/c1-4-23-9-5-8-17-15(19)12-6-7-13-14(10-12)24(21,22)18(11(2)3)16(13)20/h6-7,10-11H,4-5,8-9H2,1-3H3,(H,17,19). The van der Waals surface area contributed by atoms with Crippen molar-refractivity contribution in [3.05, 3.63) is 29.3 Å². The molecule has 2 rings (SSSR count). The highest BCUT2D eigenvalue weighted by molar-refractivity contribution is 7.90. The largest absolute Gasteiger partial charge is 0.382 e. The second kappa shape index (κ2) is 7.31. The molecule has 0 radical (unpaired) electrons. The zero-order chi connectivity index (χ0) is 17.9. The van der Waals surface area contributed by atoms with Gasteiger partial charge in [-0.2, -0.15) is 0 Å². The van der Waals surface area contributed by atoms with Gasteiger partial charge in [-0.1, -0.05) is 0 Å². The molecule has 0 saturated heterocycles. The molecule has 2 amide bonds. The summed E-state index contributed by atoms with van der Waals surface area (Å²) in [5.74, 6) is -0.927. The zero-order valence-corrected chi connectivity index (χ0v) is 14.9. The molecule has 1 aromatic rings. The third-order valence-electron chi connectivity index (χ3n) is 3.64. The van der Waals surface area contributed by atoms with Gasteiger partial charge in [-0.05, 0) is 45.4 Å². The molecule has 7 nitrogen and oxygen atoms in total. The van der Waals surface area contributed by atoms with Gasteiger partial charge < -0.3 is 10.1 Å². The molecular weight excluding hydrogens is 332 g/mol. The highest BCUT2D eigenvalue weighted by Gasteiger charge is 2.42. The molecule has 1 N–H and O–H groups in total. The van der Waals surface area contributed by atoms with Gasteiger partial charge in [-0.3, -0.25) is 9.59 Å². The Bertz CT molecular complexity index is 743. The first-order valence-corrected chi connectivity index (χ1v) is 9.33. The van der Waals surface area contributed by atoms with Crippen molar-refractivity contribution < 1.29 is 22.7 Å². The topological polar surface area (TPSA) is 92.8 Å². The van der Waals surface area contributed by atoms with Crippen molar-refractivity contribution in [1.82, 2.24) is 9.62 Å². The summed E-state index contributed by atoms with van der Waals surface area (Å²) in [5.41, 5.74) is 0.323. The van der Waals surface area contributed by atoms with E-state index in [0.717, 1.165) is 4.31 Å². The summed E-state index contributed by atoms with van der Waals surface area (Å²) >= 11 is 0. The fraction of sp³-hybridized carbons (Fsp3) is 0.500. The monoisotopic (exact) mass is 354 g/mol. The Morgan fingerprint density at radius 1 is 1.33 bits per heavy atom. The maximum Gasteiger partial charge on any atom is 0.269 e. The lowest BCUT2D eigenvalue weighted by Crippen LogP contribution is -2.36. The summed E-state index contributed by atoms with van der Waals surface area (Å²) in [5, 5.41) is 2.71. The molecule has 0 bridgehead atoms. The first-order valence-electron chi connectivity index (χ1n) is 7.89. The number of hydrogen-bond acceptors (Lipinski definition) is 5. The van der Waals surface area contributed by atoms with Gasteiger partial charge in [-0.15, -0.1) is 0 Å². The number of carbonyl (C=O) groups excluding carboxylic acids is 2. The molecule has 1 aliphatic heterocycles. The average molecular weight is 354 g/mol. The molecule has 0 unspecified atom stereocenters. The van der Waals surface area contributed by atoms with Gasteiger partial charge in [0.05, 0.1) is 5.56 Å². The molecule has 132 valence electrons. The summed E-state index contributed by atoms with van der Waals surface area (Å²) in [6.45, 7) is 6.76. The predicted octanol–water partition coefficient (Wildman–Crippen LogP) is 1.40. The van der Waals surface area contributed by atoms with Crippen molar-refractivity contribution in [3.63, 3.8) is 0 Å². The maximum absolute atomic E-state index is 12.5. The Morgan fingerprint density at radius 2 is 2.04 bits per heavy atom. The smallest absolute Gasteiger partial charge is 0.269 e. The van der Waals surface area contributed by atoms with Gasteiger partial charge in [0.2, 0.25) is 0 Å². The van der Waals surface area contributed by atoms with E-state index in [2.05, 4.69) is 5.32 Å². The van der Waals surface area contributed by atoms with Gasteiger partial charge >= 0.3 is 0 Å². The van der Waals surface area contributed by atoms with Crippen molar-refractivity contribution in [1.29, 1.82) is 0 Å². The number of nitrogens with zero attached hydrogens (tertiary/aromatic N) is 1. The third kappa shape index (κ3) is 3.44. The van der Waals surface area contributed by atoms with E-state index in [0.29, 0.717) is 26.2 Å². The number of sulfonamides is 1. The third-order valence-corrected chi connectivity index (χ3v) is 5.63. The number of rotatable bonds is 7. The molecule has 0 aromatic heterocycles. The van der Waals surface area contributed by atoms with Crippen LogP contribution in [-0.4, -0.2) is 50.3 Å². The van der Waals surface area contributed by atoms with E-state index in [1.54, 1.807) is 13.8 Å². The summed E-state index contributed by atoms with van der Waals surface area (Å²) in [6, 6.07) is 3.65. The van der Waals surface area contributed by atoms with E-state index in [1.807, 2.05) is 6.92 Å². The molecule has 1 heterocycles. The SMILES string of the molecule is CCOCCCNC(=O)c1ccc2c(c1)S(=O)(=O)N(C(C)C)C2=O. The Morgan fingerprint density at radius 3 is 2.67 bits per heavy atom. The van der Waals surface area contributed by atoms with E-state index in [-0.39, 0.29) is 21.9 Å². The van der Waals surface area contributed by atoms with Crippen LogP contribution in [0.5, 0.6) is 0 Å². The minimum atomic E-state index is -3.90. The van der Waals surface area contributed by atoms with E-state index >= 15 is 0 Å². The Hall–Kier alpha value is -1.93. The van der Waals surface area contributed by atoms with Gasteiger partial charge in [0, 0.05) is 31.4 Å². The molecule has 0 fully saturated rings. The number of carbonyl (C=O) groups is 2. The van der Waals surface area contributed by atoms with Crippen molar-refractivity contribution >= 4 is 21.8 Å². The van der Waals surface area contributed by atoms with Crippen LogP contribution in [0.4, 0.5) is 0 Å². The van der Waals surface area contributed by atoms with Crippen LogP contribution in [0.1, 0.15) is 47.9 Å². The molecule has 1 aliphatic rings. The number of benzene rings is 1. The van der Waals surface area contributed by atoms with Crippen LogP contribution in [0, 0.1) is 0 Å². The molecule has 0 saturated carbocycles. The maximum atomic E-state index is 12.5. The van der Waals surface area contributed by atoms with Crippen LogP contribution in [0.15, 0.2) is 23.1 Å². The van der Waals surface area contributed by atoms with Crippen LogP contribution in [0.25, 0.3) is 0 Å². The fourth-order valence-electron chi connectivity index (χ4n) is 2.52. The van der Waals surface area contributed by atoms with E-state index < -0.39 is 22.0 Å². The van der Waals surface area contributed by atoms with Gasteiger partial charge in [-0.25, -0.2) is 12.7 Å². The van der Waals surface area contributed by atoms with E-state index in [1.165, 1.54) is 18.2 Å². The average Bonchev–Trinajstić information content (AvgIpc) is 2.73. The number of fused-ring (bicyclic) bond motifs is 1. The van der Waals surface area contributed by atoms with Crippen LogP contribution >= 0.6 is 0 Å². The minimum Gasteiger partial charge on any atom is -0.382 e. The van der Waals surface area contributed by atoms with Gasteiger partial charge in [0.15, 0.2) is 0 Å². The fourth-order valence-corrected chi connectivity index (χ4v) is 4.31. The summed E-state index contributed by atoms with van der Waals surface area (Å²) in [6.07, 6.45) is 0.669. The summed E-state index contributed by atoms with van der Waals surface area (Å²) in [7, 11) is -3.90. The summed E-state index contributed by atoms with van der Waals surface area (Å²) in [4.78, 5) is 24.3. The number of ether oxygens (including phenoxy) is 1. The van der Waals surface area contributed by atoms with E-state index in [4.69, 9.17) is 4.74 Å². The van der Waals surface area contributed by atoms with Crippen molar-refractivity contribution in [2.24, 2.45) is 0 Å². The number of hydrogen-bond donors (Lipinski definition) is 1. The van der Waals surface area contributed by atoms with Crippen LogP contribution < -0.4 is 5.32 Å². The second-order valence-electron chi connectivity index (χ2n) is 5.72. The van der Waals surface area contributed by atoms with Crippen LogP contribution in [0.3, 0.4) is 0 Å². The molecule has 24 heavy (non-hydrogen) atoms. The van der Waals surface area contributed by atoms with Crippen molar-refractivity contribution in [2.45, 2.75) is 38.1 Å². The predicted molar refractivity (Wildman–Crippen MR) is 88.4 cm³/mol. The first kappa shape index (κ1) is 18.4. The van der Waals surface area contributed by atoms with Crippen LogP contribution in [0.2, 0.25) is 0 Å². The van der Waals surface area contributed by atoms with Gasteiger partial charge in [0.25, 0.3) is 21.8 Å². The minimum absolute atomic E-state index is 0.108. The lowest BCUT2D eigenvalue weighted by Gasteiger charge is -2.18. The number of nitrogens with one attached hydrogen (secondary N) is 1. The molecule has 0 atom stereocenters. The Labute approximate surface area is 142 Å². The lowest BCUT2D eigenvalue weighted by atomic mass is 10.1. The molecular formula is C16H22N2O5S. The molecule has 8 heteroatoms. The van der Waals surface area contributed by atoms with Crippen LogP contribution in [-0.2, 0) is 14.8 Å². The molecule has 0 aliphatic carbocycles. The first-order chi connectivity index (χ1) is 11.3.